The van der Waals surface area contributed by atoms with E-state index >= 15 is 0 Å². The molecule has 0 bridgehead atoms. The lowest BCUT2D eigenvalue weighted by Crippen LogP contribution is -2.28. The molecular weight excluding hydrogens is 242 g/mol. The molecule has 0 aliphatic heterocycles. The molecule has 0 aromatic heterocycles. The van der Waals surface area contributed by atoms with E-state index in [0.717, 1.165) is 17.1 Å². The Kier molecular flexibility index (Phi) is 2.43. The summed E-state index contributed by atoms with van der Waals surface area (Å²) >= 11 is 6.40. The van der Waals surface area contributed by atoms with E-state index in [4.69, 9.17) is 17.3 Å². The molecule has 0 radical (unpaired) electrons. The quantitative estimate of drug-likeness (QED) is 0.705. The van der Waals surface area contributed by atoms with Crippen LogP contribution in [0, 0.1) is 0 Å². The lowest BCUT2D eigenvalue weighted by molar-refractivity contribution is 0.611. The lowest BCUT2D eigenvalue weighted by Gasteiger charge is -2.36. The molecule has 2 aromatic rings. The Morgan fingerprint density at radius 2 is 1.83 bits per heavy atom. The molecular formula is C16H16ClN. The summed E-state index contributed by atoms with van der Waals surface area (Å²) in [7, 11) is 0. The van der Waals surface area contributed by atoms with Gasteiger partial charge in [-0.1, -0.05) is 49.7 Å². The number of benzene rings is 2. The van der Waals surface area contributed by atoms with Gasteiger partial charge in [0.25, 0.3) is 0 Å². The largest absolute Gasteiger partial charge is 0.398 e. The Bertz CT molecular complexity index is 629. The van der Waals surface area contributed by atoms with E-state index in [2.05, 4.69) is 26.0 Å². The van der Waals surface area contributed by atoms with Crippen molar-refractivity contribution in [1.82, 2.24) is 0 Å². The number of anilines is 1. The van der Waals surface area contributed by atoms with Crippen LogP contribution in [-0.4, -0.2) is 0 Å². The SMILES string of the molecule is CC1(C)c2cccc(N)c2Cc2cccc(Cl)c21. The number of nitrogen functional groups attached to an aromatic ring is 1. The first-order valence-corrected chi connectivity index (χ1v) is 6.55. The molecule has 0 saturated heterocycles. The van der Waals surface area contributed by atoms with Gasteiger partial charge in [-0.25, -0.2) is 0 Å². The fourth-order valence-corrected chi connectivity index (χ4v) is 3.56. The maximum atomic E-state index is 6.40. The highest BCUT2D eigenvalue weighted by Gasteiger charge is 2.34. The second kappa shape index (κ2) is 3.76. The van der Waals surface area contributed by atoms with Crippen molar-refractivity contribution >= 4 is 17.3 Å². The van der Waals surface area contributed by atoms with Crippen LogP contribution in [-0.2, 0) is 11.8 Å². The van der Waals surface area contributed by atoms with E-state index in [1.165, 1.54) is 22.3 Å². The van der Waals surface area contributed by atoms with E-state index in [9.17, 15) is 0 Å². The first-order chi connectivity index (χ1) is 8.51. The molecule has 0 amide bonds. The van der Waals surface area contributed by atoms with E-state index in [0.29, 0.717) is 0 Å². The van der Waals surface area contributed by atoms with Crippen LogP contribution in [0.2, 0.25) is 5.02 Å². The van der Waals surface area contributed by atoms with Gasteiger partial charge in [-0.3, -0.25) is 0 Å². The minimum atomic E-state index is -0.0867. The molecule has 0 saturated carbocycles. The molecule has 0 spiro atoms. The van der Waals surface area contributed by atoms with Gasteiger partial charge in [0, 0.05) is 22.5 Å². The van der Waals surface area contributed by atoms with Gasteiger partial charge in [0.05, 0.1) is 0 Å². The van der Waals surface area contributed by atoms with E-state index in [-0.39, 0.29) is 5.41 Å². The third kappa shape index (κ3) is 1.47. The topological polar surface area (TPSA) is 26.0 Å². The number of nitrogens with two attached hydrogens (primary N) is 1. The molecule has 2 aromatic carbocycles. The van der Waals surface area contributed by atoms with Crippen LogP contribution in [0.25, 0.3) is 0 Å². The van der Waals surface area contributed by atoms with Crippen LogP contribution in [0.3, 0.4) is 0 Å². The normalized spacial score (nSPS) is 15.9. The molecule has 0 fully saturated rings. The van der Waals surface area contributed by atoms with Crippen molar-refractivity contribution < 1.29 is 0 Å². The average molecular weight is 258 g/mol. The van der Waals surface area contributed by atoms with Crippen molar-refractivity contribution in [3.63, 3.8) is 0 Å². The second-order valence-corrected chi connectivity index (χ2v) is 5.86. The average Bonchev–Trinajstić information content (AvgIpc) is 2.30. The number of hydrogen-bond acceptors (Lipinski definition) is 1. The molecule has 0 heterocycles. The lowest BCUT2D eigenvalue weighted by atomic mass is 9.68. The molecule has 0 unspecified atom stereocenters. The monoisotopic (exact) mass is 257 g/mol. The molecule has 0 atom stereocenters. The van der Waals surface area contributed by atoms with Crippen molar-refractivity contribution in [3.05, 3.63) is 63.7 Å². The Labute approximate surface area is 113 Å². The maximum absolute atomic E-state index is 6.40. The summed E-state index contributed by atoms with van der Waals surface area (Å²) in [6, 6.07) is 12.3. The van der Waals surface area contributed by atoms with Crippen LogP contribution in [0.5, 0.6) is 0 Å². The van der Waals surface area contributed by atoms with Crippen LogP contribution in [0.1, 0.15) is 36.1 Å². The van der Waals surface area contributed by atoms with Gasteiger partial charge < -0.3 is 5.73 Å². The fraction of sp³-hybridized carbons (Fsp3) is 0.250. The Balaban J connectivity index is 2.34. The zero-order valence-corrected chi connectivity index (χ0v) is 11.4. The van der Waals surface area contributed by atoms with E-state index in [1.54, 1.807) is 0 Å². The summed E-state index contributed by atoms with van der Waals surface area (Å²) in [5, 5.41) is 0.852. The highest BCUT2D eigenvalue weighted by Crippen LogP contribution is 2.45. The molecule has 1 aliphatic carbocycles. The van der Waals surface area contributed by atoms with Gasteiger partial charge in [-0.05, 0) is 34.4 Å². The van der Waals surface area contributed by atoms with Crippen molar-refractivity contribution in [2.75, 3.05) is 5.73 Å². The van der Waals surface area contributed by atoms with Gasteiger partial charge in [0.1, 0.15) is 0 Å². The number of fused-ring (bicyclic) bond motifs is 2. The Morgan fingerprint density at radius 3 is 2.61 bits per heavy atom. The third-order valence-electron chi connectivity index (χ3n) is 3.98. The minimum absolute atomic E-state index is 0.0867. The molecule has 2 N–H and O–H groups in total. The molecule has 1 aliphatic rings. The summed E-state index contributed by atoms with van der Waals surface area (Å²) < 4.78 is 0. The second-order valence-electron chi connectivity index (χ2n) is 5.45. The predicted molar refractivity (Wildman–Crippen MR) is 77.2 cm³/mol. The first-order valence-electron chi connectivity index (χ1n) is 6.17. The zero-order valence-electron chi connectivity index (χ0n) is 10.6. The minimum Gasteiger partial charge on any atom is -0.398 e. The van der Waals surface area contributed by atoms with Gasteiger partial charge in [-0.2, -0.15) is 0 Å². The van der Waals surface area contributed by atoms with Crippen LogP contribution < -0.4 is 5.73 Å². The number of halogens is 1. The van der Waals surface area contributed by atoms with Gasteiger partial charge in [0.2, 0.25) is 0 Å². The number of rotatable bonds is 0. The predicted octanol–water partition coefficient (Wildman–Crippen LogP) is 4.15. The van der Waals surface area contributed by atoms with Gasteiger partial charge in [0.15, 0.2) is 0 Å². The highest BCUT2D eigenvalue weighted by atomic mass is 35.5. The Morgan fingerprint density at radius 1 is 1.11 bits per heavy atom. The molecule has 2 heteroatoms. The standard InChI is InChI=1S/C16H16ClN/c1-16(2)12-6-4-8-14(18)11(12)9-10-5-3-7-13(17)15(10)16/h3-8H,9,18H2,1-2H3. The Hall–Kier alpha value is -1.47. The van der Waals surface area contributed by atoms with Gasteiger partial charge >= 0.3 is 0 Å². The molecule has 3 rings (SSSR count). The summed E-state index contributed by atoms with van der Waals surface area (Å²) in [6.07, 6.45) is 0.876. The molecule has 18 heavy (non-hydrogen) atoms. The maximum Gasteiger partial charge on any atom is 0.0449 e. The number of hydrogen-bond donors (Lipinski definition) is 1. The summed E-state index contributed by atoms with van der Waals surface area (Å²) in [4.78, 5) is 0. The summed E-state index contributed by atoms with van der Waals surface area (Å²) in [5.74, 6) is 0. The summed E-state index contributed by atoms with van der Waals surface area (Å²) in [5.41, 5.74) is 12.0. The zero-order chi connectivity index (χ0) is 12.9. The molecule has 92 valence electrons. The van der Waals surface area contributed by atoms with E-state index in [1.807, 2.05) is 24.3 Å². The van der Waals surface area contributed by atoms with E-state index < -0.39 is 0 Å². The van der Waals surface area contributed by atoms with Crippen molar-refractivity contribution in [2.45, 2.75) is 25.7 Å². The van der Waals surface area contributed by atoms with Crippen LogP contribution in [0.15, 0.2) is 36.4 Å². The summed E-state index contributed by atoms with van der Waals surface area (Å²) in [6.45, 7) is 4.43. The highest BCUT2D eigenvalue weighted by molar-refractivity contribution is 6.31. The van der Waals surface area contributed by atoms with Crippen molar-refractivity contribution in [3.8, 4) is 0 Å². The van der Waals surface area contributed by atoms with Gasteiger partial charge in [-0.15, -0.1) is 0 Å². The van der Waals surface area contributed by atoms with Crippen molar-refractivity contribution in [1.29, 1.82) is 0 Å². The van der Waals surface area contributed by atoms with Crippen LogP contribution >= 0.6 is 11.6 Å². The van der Waals surface area contributed by atoms with Crippen molar-refractivity contribution in [2.24, 2.45) is 0 Å². The smallest absolute Gasteiger partial charge is 0.0449 e. The van der Waals surface area contributed by atoms with Crippen LogP contribution in [0.4, 0.5) is 5.69 Å². The molecule has 1 nitrogen and oxygen atoms in total. The third-order valence-corrected chi connectivity index (χ3v) is 4.29. The fourth-order valence-electron chi connectivity index (χ4n) is 3.13. The first kappa shape index (κ1) is 11.6.